The van der Waals surface area contributed by atoms with Gasteiger partial charge in [-0.3, -0.25) is 19.7 Å². The molecule has 2 amide bonds. The largest absolute Gasteiger partial charge is 0.484 e. The van der Waals surface area contributed by atoms with E-state index in [0.29, 0.717) is 16.9 Å². The Morgan fingerprint density at radius 1 is 0.935 bits per heavy atom. The number of nitrogens with one attached hydrogen (secondary N) is 2. The lowest BCUT2D eigenvalue weighted by Gasteiger charge is -2.14. The number of benzene rings is 3. The van der Waals surface area contributed by atoms with E-state index in [2.05, 4.69) is 10.6 Å². The van der Waals surface area contributed by atoms with Crippen LogP contribution in [0.3, 0.4) is 0 Å². The van der Waals surface area contributed by atoms with E-state index in [1.54, 1.807) is 24.3 Å². The van der Waals surface area contributed by atoms with Gasteiger partial charge in [-0.15, -0.1) is 0 Å². The number of nitro benzene ring substituents is 1. The van der Waals surface area contributed by atoms with Crippen LogP contribution in [-0.2, 0) is 4.79 Å². The highest BCUT2D eigenvalue weighted by Crippen LogP contribution is 2.22. The standard InChI is InChI=1S/C23H21N3O5/c1-15-7-5-12-20(16(15)2)25-23(28)19-10-3-4-11-21(19)24-22(27)14-31-18-9-6-8-17(13-18)26(29)30/h3-13H,14H2,1-2H3,(H,24,27)(H,25,28). The first-order valence-electron chi connectivity index (χ1n) is 9.49. The summed E-state index contributed by atoms with van der Waals surface area (Å²) in [6, 6.07) is 17.8. The average Bonchev–Trinajstić information content (AvgIpc) is 2.76. The van der Waals surface area contributed by atoms with Gasteiger partial charge in [0.25, 0.3) is 17.5 Å². The van der Waals surface area contributed by atoms with Crippen LogP contribution in [0.2, 0.25) is 0 Å². The second-order valence-corrected chi connectivity index (χ2v) is 6.84. The maximum atomic E-state index is 12.8. The van der Waals surface area contributed by atoms with E-state index in [9.17, 15) is 19.7 Å². The van der Waals surface area contributed by atoms with Gasteiger partial charge in [-0.2, -0.15) is 0 Å². The predicted molar refractivity (Wildman–Crippen MR) is 118 cm³/mol. The summed E-state index contributed by atoms with van der Waals surface area (Å²) in [5.74, 6) is -0.659. The number of amides is 2. The summed E-state index contributed by atoms with van der Waals surface area (Å²) in [6.45, 7) is 3.51. The topological polar surface area (TPSA) is 111 Å². The van der Waals surface area contributed by atoms with Crippen molar-refractivity contribution in [1.29, 1.82) is 0 Å². The number of aryl methyl sites for hydroxylation is 1. The number of rotatable bonds is 7. The van der Waals surface area contributed by atoms with Crippen molar-refractivity contribution in [3.05, 3.63) is 93.5 Å². The monoisotopic (exact) mass is 419 g/mol. The van der Waals surface area contributed by atoms with Gasteiger partial charge in [-0.05, 0) is 49.2 Å². The molecule has 0 aliphatic carbocycles. The molecule has 0 heterocycles. The average molecular weight is 419 g/mol. The van der Waals surface area contributed by atoms with Gasteiger partial charge in [0, 0.05) is 11.8 Å². The summed E-state index contributed by atoms with van der Waals surface area (Å²) in [6.07, 6.45) is 0. The Balaban J connectivity index is 1.68. The van der Waals surface area contributed by atoms with E-state index >= 15 is 0 Å². The van der Waals surface area contributed by atoms with Crippen molar-refractivity contribution in [2.75, 3.05) is 17.2 Å². The number of nitrogens with zero attached hydrogens (tertiary/aromatic N) is 1. The SMILES string of the molecule is Cc1cccc(NC(=O)c2ccccc2NC(=O)COc2cccc([N+](=O)[O-])c2)c1C. The first-order valence-corrected chi connectivity index (χ1v) is 9.49. The highest BCUT2D eigenvalue weighted by Gasteiger charge is 2.15. The van der Waals surface area contributed by atoms with Gasteiger partial charge in [0.2, 0.25) is 0 Å². The van der Waals surface area contributed by atoms with E-state index in [1.807, 2.05) is 32.0 Å². The van der Waals surface area contributed by atoms with Crippen LogP contribution in [0.15, 0.2) is 66.7 Å². The van der Waals surface area contributed by atoms with E-state index in [-0.39, 0.29) is 24.0 Å². The van der Waals surface area contributed by atoms with Gasteiger partial charge < -0.3 is 15.4 Å². The molecule has 0 unspecified atom stereocenters. The fraction of sp³-hybridized carbons (Fsp3) is 0.130. The molecule has 0 aliphatic heterocycles. The quantitative estimate of drug-likeness (QED) is 0.433. The lowest BCUT2D eigenvalue weighted by atomic mass is 10.1. The maximum absolute atomic E-state index is 12.8. The van der Waals surface area contributed by atoms with Crippen LogP contribution in [0.4, 0.5) is 17.1 Å². The van der Waals surface area contributed by atoms with Crippen LogP contribution < -0.4 is 15.4 Å². The molecule has 0 aliphatic rings. The third-order valence-corrected chi connectivity index (χ3v) is 4.70. The van der Waals surface area contributed by atoms with E-state index in [4.69, 9.17) is 4.74 Å². The minimum absolute atomic E-state index is 0.133. The summed E-state index contributed by atoms with van der Waals surface area (Å²) in [7, 11) is 0. The second-order valence-electron chi connectivity index (χ2n) is 6.84. The van der Waals surface area contributed by atoms with Gasteiger partial charge in [0.15, 0.2) is 6.61 Å². The molecule has 0 spiro atoms. The fourth-order valence-corrected chi connectivity index (χ4v) is 2.89. The Morgan fingerprint density at radius 3 is 2.42 bits per heavy atom. The van der Waals surface area contributed by atoms with Crippen molar-refractivity contribution in [1.82, 2.24) is 0 Å². The van der Waals surface area contributed by atoms with Crippen molar-refractivity contribution in [2.45, 2.75) is 13.8 Å². The van der Waals surface area contributed by atoms with E-state index in [0.717, 1.165) is 11.1 Å². The van der Waals surface area contributed by atoms with Crippen LogP contribution in [0.5, 0.6) is 5.75 Å². The molecule has 158 valence electrons. The summed E-state index contributed by atoms with van der Waals surface area (Å²) in [5, 5.41) is 16.4. The molecular weight excluding hydrogens is 398 g/mol. The first-order chi connectivity index (χ1) is 14.8. The van der Waals surface area contributed by atoms with E-state index < -0.39 is 10.8 Å². The molecule has 8 nitrogen and oxygen atoms in total. The summed E-state index contributed by atoms with van der Waals surface area (Å²) >= 11 is 0. The van der Waals surface area contributed by atoms with Gasteiger partial charge in [0.1, 0.15) is 5.75 Å². The summed E-state index contributed by atoms with van der Waals surface area (Å²) in [4.78, 5) is 35.4. The molecule has 0 aromatic heterocycles. The molecule has 31 heavy (non-hydrogen) atoms. The van der Waals surface area contributed by atoms with Crippen molar-refractivity contribution < 1.29 is 19.2 Å². The molecule has 0 radical (unpaired) electrons. The Labute approximate surface area is 179 Å². The predicted octanol–water partition coefficient (Wildman–Crippen LogP) is 4.48. The van der Waals surface area contributed by atoms with Crippen LogP contribution in [-0.4, -0.2) is 23.3 Å². The summed E-state index contributed by atoms with van der Waals surface area (Å²) < 4.78 is 5.34. The molecule has 0 fully saturated rings. The lowest BCUT2D eigenvalue weighted by molar-refractivity contribution is -0.384. The maximum Gasteiger partial charge on any atom is 0.273 e. The van der Waals surface area contributed by atoms with Gasteiger partial charge >= 0.3 is 0 Å². The van der Waals surface area contributed by atoms with Gasteiger partial charge in [-0.25, -0.2) is 0 Å². The molecule has 2 N–H and O–H groups in total. The fourth-order valence-electron chi connectivity index (χ4n) is 2.89. The van der Waals surface area contributed by atoms with Crippen molar-refractivity contribution in [2.24, 2.45) is 0 Å². The highest BCUT2D eigenvalue weighted by atomic mass is 16.6. The zero-order valence-corrected chi connectivity index (χ0v) is 17.0. The Bertz CT molecular complexity index is 1140. The smallest absolute Gasteiger partial charge is 0.273 e. The minimum Gasteiger partial charge on any atom is -0.484 e. The van der Waals surface area contributed by atoms with Crippen molar-refractivity contribution >= 4 is 28.9 Å². The number of hydrogen-bond donors (Lipinski definition) is 2. The molecule has 3 rings (SSSR count). The van der Waals surface area contributed by atoms with Gasteiger partial charge in [-0.1, -0.05) is 30.3 Å². The number of para-hydroxylation sites is 1. The lowest BCUT2D eigenvalue weighted by Crippen LogP contribution is -2.23. The Morgan fingerprint density at radius 2 is 1.65 bits per heavy atom. The Kier molecular flexibility index (Phi) is 6.61. The summed E-state index contributed by atoms with van der Waals surface area (Å²) in [5.41, 5.74) is 3.21. The molecule has 0 bridgehead atoms. The molecule has 3 aromatic rings. The van der Waals surface area contributed by atoms with Crippen LogP contribution >= 0.6 is 0 Å². The van der Waals surface area contributed by atoms with E-state index in [1.165, 1.54) is 24.3 Å². The second kappa shape index (κ2) is 9.53. The number of non-ortho nitro benzene ring substituents is 1. The van der Waals surface area contributed by atoms with Crippen molar-refractivity contribution in [3.8, 4) is 5.75 Å². The Hall–Kier alpha value is -4.20. The molecule has 3 aromatic carbocycles. The number of nitro groups is 1. The first kappa shape index (κ1) is 21.5. The molecular formula is C23H21N3O5. The number of anilines is 2. The zero-order chi connectivity index (χ0) is 22.4. The number of ether oxygens (including phenoxy) is 1. The minimum atomic E-state index is -0.544. The zero-order valence-electron chi connectivity index (χ0n) is 17.0. The number of hydrogen-bond acceptors (Lipinski definition) is 5. The molecule has 0 saturated carbocycles. The third kappa shape index (κ3) is 5.45. The molecule has 8 heteroatoms. The normalized spacial score (nSPS) is 10.3. The molecule has 0 atom stereocenters. The number of carbonyl (C=O) groups excluding carboxylic acids is 2. The number of carbonyl (C=O) groups is 2. The third-order valence-electron chi connectivity index (χ3n) is 4.70. The van der Waals surface area contributed by atoms with Crippen LogP contribution in [0, 0.1) is 24.0 Å². The highest BCUT2D eigenvalue weighted by molar-refractivity contribution is 6.10. The molecule has 0 saturated heterocycles. The van der Waals surface area contributed by atoms with Crippen LogP contribution in [0.25, 0.3) is 0 Å². The van der Waals surface area contributed by atoms with Crippen molar-refractivity contribution in [3.63, 3.8) is 0 Å². The van der Waals surface area contributed by atoms with Gasteiger partial charge in [0.05, 0.1) is 22.2 Å². The van der Waals surface area contributed by atoms with Crippen LogP contribution in [0.1, 0.15) is 21.5 Å².